The number of aromatic nitrogens is 2. The molecule has 0 spiro atoms. The van der Waals surface area contributed by atoms with Crippen LogP contribution in [0.25, 0.3) is 11.1 Å². The number of benzene rings is 2. The SMILES string of the molecule is Cn1ccnc1CC1CCCN1Cc1ccc(-c2ccccc2C(=O)O)cc1. The maximum Gasteiger partial charge on any atom is 0.336 e. The van der Waals surface area contributed by atoms with E-state index in [-0.39, 0.29) is 0 Å². The molecule has 1 unspecified atom stereocenters. The van der Waals surface area contributed by atoms with Crippen LogP contribution in [0.4, 0.5) is 0 Å². The van der Waals surface area contributed by atoms with Gasteiger partial charge in [0.1, 0.15) is 5.82 Å². The van der Waals surface area contributed by atoms with Gasteiger partial charge in [-0.25, -0.2) is 9.78 Å². The predicted molar refractivity (Wildman–Crippen MR) is 109 cm³/mol. The van der Waals surface area contributed by atoms with Crippen LogP contribution in [0.3, 0.4) is 0 Å². The van der Waals surface area contributed by atoms with Gasteiger partial charge in [0.05, 0.1) is 5.56 Å². The van der Waals surface area contributed by atoms with E-state index in [1.807, 2.05) is 36.7 Å². The molecule has 4 rings (SSSR count). The molecule has 3 aromatic rings. The molecule has 2 heterocycles. The Morgan fingerprint density at radius 3 is 2.68 bits per heavy atom. The van der Waals surface area contributed by atoms with Crippen molar-refractivity contribution in [2.24, 2.45) is 7.05 Å². The summed E-state index contributed by atoms with van der Waals surface area (Å²) < 4.78 is 2.10. The molecule has 1 aromatic heterocycles. The second-order valence-corrected chi connectivity index (χ2v) is 7.47. The van der Waals surface area contributed by atoms with Gasteiger partial charge in [0.15, 0.2) is 0 Å². The van der Waals surface area contributed by atoms with E-state index < -0.39 is 5.97 Å². The number of imidazole rings is 1. The van der Waals surface area contributed by atoms with Crippen LogP contribution in [0.15, 0.2) is 60.9 Å². The molecule has 5 nitrogen and oxygen atoms in total. The summed E-state index contributed by atoms with van der Waals surface area (Å²) in [4.78, 5) is 18.5. The summed E-state index contributed by atoms with van der Waals surface area (Å²) in [5, 5.41) is 9.41. The van der Waals surface area contributed by atoms with Crippen molar-refractivity contribution in [1.29, 1.82) is 0 Å². The highest BCUT2D eigenvalue weighted by atomic mass is 16.4. The number of likely N-dealkylation sites (tertiary alicyclic amines) is 1. The number of carboxylic acids is 1. The molecule has 1 saturated heterocycles. The Kier molecular flexibility index (Phi) is 5.26. The molecule has 0 bridgehead atoms. The summed E-state index contributed by atoms with van der Waals surface area (Å²) in [6.07, 6.45) is 7.27. The van der Waals surface area contributed by atoms with Gasteiger partial charge in [0.25, 0.3) is 0 Å². The second kappa shape index (κ2) is 7.98. The van der Waals surface area contributed by atoms with Crippen molar-refractivity contribution in [3.8, 4) is 11.1 Å². The summed E-state index contributed by atoms with van der Waals surface area (Å²) in [5.41, 5.74) is 3.29. The molecule has 0 radical (unpaired) electrons. The lowest BCUT2D eigenvalue weighted by molar-refractivity contribution is 0.0697. The molecule has 1 atom stereocenters. The third-order valence-corrected chi connectivity index (χ3v) is 5.65. The second-order valence-electron chi connectivity index (χ2n) is 7.47. The first-order valence-corrected chi connectivity index (χ1v) is 9.73. The standard InChI is InChI=1S/C23H25N3O2/c1-25-14-12-24-22(25)15-19-5-4-13-26(19)16-17-8-10-18(11-9-17)20-6-2-3-7-21(20)23(27)28/h2-3,6-12,14,19H,4-5,13,15-16H2,1H3,(H,27,28). The van der Waals surface area contributed by atoms with E-state index in [2.05, 4.69) is 33.6 Å². The number of carbonyl (C=O) groups is 1. The van der Waals surface area contributed by atoms with Gasteiger partial charge in [-0.15, -0.1) is 0 Å². The van der Waals surface area contributed by atoms with E-state index in [1.54, 1.807) is 12.1 Å². The summed E-state index contributed by atoms with van der Waals surface area (Å²) in [5.74, 6) is 0.242. The van der Waals surface area contributed by atoms with Gasteiger partial charge in [-0.1, -0.05) is 42.5 Å². The minimum Gasteiger partial charge on any atom is -0.478 e. The third kappa shape index (κ3) is 3.85. The number of rotatable bonds is 6. The minimum absolute atomic E-state index is 0.338. The van der Waals surface area contributed by atoms with E-state index in [9.17, 15) is 9.90 Å². The fraction of sp³-hybridized carbons (Fsp3) is 0.304. The van der Waals surface area contributed by atoms with Gasteiger partial charge in [-0.2, -0.15) is 0 Å². The average Bonchev–Trinajstić information content (AvgIpc) is 3.32. The average molecular weight is 375 g/mol. The van der Waals surface area contributed by atoms with Crippen molar-refractivity contribution in [3.63, 3.8) is 0 Å². The first-order valence-electron chi connectivity index (χ1n) is 9.73. The predicted octanol–water partition coefficient (Wildman–Crippen LogP) is 3.99. The van der Waals surface area contributed by atoms with Crippen LogP contribution in [-0.2, 0) is 20.0 Å². The summed E-state index contributed by atoms with van der Waals surface area (Å²) in [7, 11) is 2.05. The van der Waals surface area contributed by atoms with Crippen molar-refractivity contribution in [2.45, 2.75) is 31.8 Å². The van der Waals surface area contributed by atoms with Gasteiger partial charge in [0, 0.05) is 38.4 Å². The van der Waals surface area contributed by atoms with Crippen molar-refractivity contribution in [2.75, 3.05) is 6.54 Å². The molecular formula is C23H25N3O2. The van der Waals surface area contributed by atoms with E-state index >= 15 is 0 Å². The van der Waals surface area contributed by atoms with E-state index in [0.717, 1.165) is 36.5 Å². The number of aromatic carboxylic acids is 1. The fourth-order valence-corrected chi connectivity index (χ4v) is 4.08. The number of carboxylic acid groups (broad SMARTS) is 1. The summed E-state index contributed by atoms with van der Waals surface area (Å²) in [6, 6.07) is 16.0. The minimum atomic E-state index is -0.895. The Morgan fingerprint density at radius 2 is 1.96 bits per heavy atom. The molecule has 144 valence electrons. The Labute approximate surface area is 165 Å². The number of aryl methyl sites for hydroxylation is 1. The van der Waals surface area contributed by atoms with Crippen molar-refractivity contribution >= 4 is 5.97 Å². The van der Waals surface area contributed by atoms with Gasteiger partial charge < -0.3 is 9.67 Å². The molecule has 28 heavy (non-hydrogen) atoms. The lowest BCUT2D eigenvalue weighted by atomic mass is 9.98. The zero-order valence-corrected chi connectivity index (χ0v) is 16.1. The van der Waals surface area contributed by atoms with E-state index in [0.29, 0.717) is 11.6 Å². The van der Waals surface area contributed by atoms with Crippen molar-refractivity contribution < 1.29 is 9.90 Å². The van der Waals surface area contributed by atoms with Crippen LogP contribution in [0.2, 0.25) is 0 Å². The Bertz CT molecular complexity index is 962. The highest BCUT2D eigenvalue weighted by Crippen LogP contribution is 2.26. The maximum atomic E-state index is 11.5. The topological polar surface area (TPSA) is 58.4 Å². The molecule has 0 saturated carbocycles. The monoisotopic (exact) mass is 375 g/mol. The molecule has 0 amide bonds. The Morgan fingerprint density at radius 1 is 1.18 bits per heavy atom. The highest BCUT2D eigenvalue weighted by Gasteiger charge is 2.25. The zero-order chi connectivity index (χ0) is 19.5. The molecule has 1 aliphatic rings. The molecule has 1 aliphatic heterocycles. The zero-order valence-electron chi connectivity index (χ0n) is 16.1. The molecule has 5 heteroatoms. The van der Waals surface area contributed by atoms with E-state index in [1.165, 1.54) is 18.4 Å². The third-order valence-electron chi connectivity index (χ3n) is 5.65. The first-order chi connectivity index (χ1) is 13.6. The van der Waals surface area contributed by atoms with Crippen LogP contribution in [0.1, 0.15) is 34.6 Å². The smallest absolute Gasteiger partial charge is 0.336 e. The number of hydrogen-bond acceptors (Lipinski definition) is 3. The lowest BCUT2D eigenvalue weighted by Crippen LogP contribution is -2.31. The maximum absolute atomic E-state index is 11.5. The lowest BCUT2D eigenvalue weighted by Gasteiger charge is -2.24. The van der Waals surface area contributed by atoms with Gasteiger partial charge in [-0.05, 0) is 42.1 Å². The van der Waals surface area contributed by atoms with E-state index in [4.69, 9.17) is 0 Å². The highest BCUT2D eigenvalue weighted by molar-refractivity contribution is 5.95. The molecule has 1 N–H and O–H groups in total. The van der Waals surface area contributed by atoms with Crippen LogP contribution < -0.4 is 0 Å². The first kappa shape index (κ1) is 18.4. The quantitative estimate of drug-likeness (QED) is 0.708. The molecule has 0 aliphatic carbocycles. The Balaban J connectivity index is 1.47. The van der Waals surface area contributed by atoms with Crippen LogP contribution in [-0.4, -0.2) is 38.1 Å². The van der Waals surface area contributed by atoms with Crippen molar-refractivity contribution in [1.82, 2.24) is 14.5 Å². The molecular weight excluding hydrogens is 350 g/mol. The molecule has 1 fully saturated rings. The van der Waals surface area contributed by atoms with Crippen molar-refractivity contribution in [3.05, 3.63) is 77.9 Å². The fourth-order valence-electron chi connectivity index (χ4n) is 4.08. The number of nitrogens with zero attached hydrogens (tertiary/aromatic N) is 3. The summed E-state index contributed by atoms with van der Waals surface area (Å²) in [6.45, 7) is 2.02. The van der Waals surface area contributed by atoms with Crippen LogP contribution >= 0.6 is 0 Å². The Hall–Kier alpha value is -2.92. The van der Waals surface area contributed by atoms with Crippen LogP contribution in [0, 0.1) is 0 Å². The largest absolute Gasteiger partial charge is 0.478 e. The summed E-state index contributed by atoms with van der Waals surface area (Å²) >= 11 is 0. The molecule has 2 aromatic carbocycles. The van der Waals surface area contributed by atoms with Crippen LogP contribution in [0.5, 0.6) is 0 Å². The van der Waals surface area contributed by atoms with Gasteiger partial charge in [0.2, 0.25) is 0 Å². The normalized spacial score (nSPS) is 17.1. The van der Waals surface area contributed by atoms with Gasteiger partial charge >= 0.3 is 5.97 Å². The number of hydrogen-bond donors (Lipinski definition) is 1. The van der Waals surface area contributed by atoms with Gasteiger partial charge in [-0.3, -0.25) is 4.90 Å².